The Bertz CT molecular complexity index is 1510. The number of carbonyl (C=O) groups is 1. The second-order valence-corrected chi connectivity index (χ2v) is 11.7. The summed E-state index contributed by atoms with van der Waals surface area (Å²) in [5.41, 5.74) is 3.27. The zero-order valence-electron chi connectivity index (χ0n) is 26.2. The first-order valence-electron chi connectivity index (χ1n) is 15.4. The van der Waals surface area contributed by atoms with Gasteiger partial charge < -0.3 is 23.6 Å². The van der Waals surface area contributed by atoms with Crippen LogP contribution < -0.4 is 14.2 Å². The summed E-state index contributed by atoms with van der Waals surface area (Å²) in [6, 6.07) is 23.4. The number of carbonyl (C=O) groups excluding carboxylic acids is 1. The van der Waals surface area contributed by atoms with E-state index in [4.69, 9.17) is 18.7 Å². The fourth-order valence-electron chi connectivity index (χ4n) is 6.63. The van der Waals surface area contributed by atoms with Crippen molar-refractivity contribution in [1.82, 2.24) is 29.8 Å². The van der Waals surface area contributed by atoms with Gasteiger partial charge in [0.25, 0.3) is 5.91 Å². The Morgan fingerprint density at radius 1 is 0.889 bits per heavy atom. The molecule has 4 aromatic rings. The van der Waals surface area contributed by atoms with Gasteiger partial charge in [-0.15, -0.1) is 0 Å². The highest BCUT2D eigenvalue weighted by molar-refractivity contribution is 5.91. The molecule has 4 heterocycles. The standard InChI is InChI=1S/C34H40N6O5/c1-23(2)44-32-27(31(42-3)36-34(37-32)43-4)21-38-19-26-20-39(33(41)29-15-16-35-45-29)17-18-40(26)28(22-38)30(24-11-7-5-8-12-24)25-13-9-6-10-14-25/h5-16,23,26,28,30H,17-22H2,1-4H3/t26-,28?/m1/s1. The lowest BCUT2D eigenvalue weighted by molar-refractivity contribution is -0.0300. The van der Waals surface area contributed by atoms with E-state index < -0.39 is 0 Å². The van der Waals surface area contributed by atoms with Crippen molar-refractivity contribution in [3.63, 3.8) is 0 Å². The fourth-order valence-corrected chi connectivity index (χ4v) is 6.63. The molecule has 45 heavy (non-hydrogen) atoms. The average Bonchev–Trinajstić information content (AvgIpc) is 3.61. The van der Waals surface area contributed by atoms with Gasteiger partial charge >= 0.3 is 6.01 Å². The number of piperazine rings is 2. The number of hydrogen-bond acceptors (Lipinski definition) is 10. The van der Waals surface area contributed by atoms with Crippen molar-refractivity contribution in [3.05, 3.63) is 95.4 Å². The molecule has 11 heteroatoms. The molecule has 11 nitrogen and oxygen atoms in total. The van der Waals surface area contributed by atoms with Crippen molar-refractivity contribution in [2.24, 2.45) is 0 Å². The number of hydrogen-bond donors (Lipinski definition) is 0. The number of methoxy groups -OCH3 is 2. The Kier molecular flexibility index (Phi) is 9.27. The Balaban J connectivity index is 1.38. The molecule has 2 saturated heterocycles. The molecule has 0 spiro atoms. The van der Waals surface area contributed by atoms with E-state index in [0.717, 1.165) is 25.2 Å². The normalized spacial score (nSPS) is 19.0. The molecule has 2 aliphatic heterocycles. The minimum Gasteiger partial charge on any atom is -0.481 e. The highest BCUT2D eigenvalue weighted by Gasteiger charge is 2.44. The summed E-state index contributed by atoms with van der Waals surface area (Å²) in [6.45, 7) is 7.85. The molecule has 2 aromatic heterocycles. The molecular weight excluding hydrogens is 572 g/mol. The summed E-state index contributed by atoms with van der Waals surface area (Å²) in [4.78, 5) is 29.3. The first-order valence-corrected chi connectivity index (χ1v) is 15.4. The number of nitrogens with zero attached hydrogens (tertiary/aromatic N) is 6. The number of fused-ring (bicyclic) bond motifs is 1. The van der Waals surface area contributed by atoms with E-state index in [9.17, 15) is 4.79 Å². The van der Waals surface area contributed by atoms with Crippen LogP contribution in [0, 0.1) is 0 Å². The van der Waals surface area contributed by atoms with Crippen LogP contribution in [0.5, 0.6) is 17.8 Å². The van der Waals surface area contributed by atoms with Crippen molar-refractivity contribution >= 4 is 5.91 Å². The lowest BCUT2D eigenvalue weighted by Crippen LogP contribution is -2.67. The summed E-state index contributed by atoms with van der Waals surface area (Å²) in [5, 5.41) is 3.75. The lowest BCUT2D eigenvalue weighted by atomic mass is 9.81. The van der Waals surface area contributed by atoms with Crippen LogP contribution in [0.15, 0.2) is 77.4 Å². The highest BCUT2D eigenvalue weighted by Crippen LogP contribution is 2.37. The zero-order valence-corrected chi connectivity index (χ0v) is 26.2. The topological polar surface area (TPSA) is 106 Å². The van der Waals surface area contributed by atoms with Crippen LogP contribution in [0.3, 0.4) is 0 Å². The van der Waals surface area contributed by atoms with Crippen LogP contribution >= 0.6 is 0 Å². The third-order valence-electron chi connectivity index (χ3n) is 8.52. The van der Waals surface area contributed by atoms with Crippen molar-refractivity contribution in [2.45, 2.75) is 44.5 Å². The molecule has 236 valence electrons. The predicted molar refractivity (Wildman–Crippen MR) is 168 cm³/mol. The summed E-state index contributed by atoms with van der Waals surface area (Å²) >= 11 is 0. The maximum Gasteiger partial charge on any atom is 0.322 e. The Labute approximate surface area is 263 Å². The zero-order chi connectivity index (χ0) is 31.3. The first-order chi connectivity index (χ1) is 21.9. The second-order valence-electron chi connectivity index (χ2n) is 11.7. The molecule has 0 bridgehead atoms. The van der Waals surface area contributed by atoms with Gasteiger partial charge in [0.2, 0.25) is 17.5 Å². The molecule has 0 radical (unpaired) electrons. The van der Waals surface area contributed by atoms with Crippen LogP contribution in [0.4, 0.5) is 0 Å². The molecular formula is C34H40N6O5. The van der Waals surface area contributed by atoms with E-state index in [1.807, 2.05) is 18.7 Å². The van der Waals surface area contributed by atoms with Gasteiger partial charge in [0.05, 0.1) is 32.1 Å². The lowest BCUT2D eigenvalue weighted by Gasteiger charge is -2.53. The van der Waals surface area contributed by atoms with Gasteiger partial charge in [-0.3, -0.25) is 14.6 Å². The van der Waals surface area contributed by atoms with Gasteiger partial charge in [0.15, 0.2) is 0 Å². The molecule has 2 aliphatic rings. The minimum absolute atomic E-state index is 0.0684. The van der Waals surface area contributed by atoms with E-state index in [1.165, 1.54) is 24.4 Å². The van der Waals surface area contributed by atoms with Gasteiger partial charge in [-0.25, -0.2) is 0 Å². The maximum atomic E-state index is 13.4. The smallest absolute Gasteiger partial charge is 0.322 e. The minimum atomic E-state index is -0.138. The summed E-state index contributed by atoms with van der Waals surface area (Å²) < 4.78 is 22.5. The van der Waals surface area contributed by atoms with Gasteiger partial charge in [0.1, 0.15) is 0 Å². The van der Waals surface area contributed by atoms with Crippen LogP contribution in [0.2, 0.25) is 0 Å². The molecule has 1 unspecified atom stereocenters. The van der Waals surface area contributed by atoms with Crippen LogP contribution in [-0.2, 0) is 6.54 Å². The number of rotatable bonds is 10. The maximum absolute atomic E-state index is 13.4. The molecule has 0 saturated carbocycles. The highest BCUT2D eigenvalue weighted by atomic mass is 16.5. The number of amides is 1. The van der Waals surface area contributed by atoms with Crippen molar-refractivity contribution in [3.8, 4) is 17.8 Å². The van der Waals surface area contributed by atoms with Crippen LogP contribution in [0.1, 0.15) is 47.0 Å². The Morgan fingerprint density at radius 3 is 2.18 bits per heavy atom. The fraction of sp³-hybridized carbons (Fsp3) is 0.412. The summed E-state index contributed by atoms with van der Waals surface area (Å²) in [5.74, 6) is 1.09. The van der Waals surface area contributed by atoms with Crippen LogP contribution in [-0.4, -0.2) is 101 Å². The van der Waals surface area contributed by atoms with Gasteiger partial charge in [0, 0.05) is 63.3 Å². The Morgan fingerprint density at radius 2 is 1.58 bits per heavy atom. The monoisotopic (exact) mass is 612 g/mol. The van der Waals surface area contributed by atoms with E-state index in [2.05, 4.69) is 85.6 Å². The SMILES string of the molecule is COc1nc(OC)c(CN2CC(C(c3ccccc3)c3ccccc3)N3CCN(C(=O)c4ccno4)C[C@H]3C2)c(OC(C)C)n1. The molecule has 0 N–H and O–H groups in total. The largest absolute Gasteiger partial charge is 0.481 e. The molecule has 6 rings (SSSR count). The summed E-state index contributed by atoms with van der Waals surface area (Å²) in [6.07, 6.45) is 1.40. The van der Waals surface area contributed by atoms with Crippen LogP contribution in [0.25, 0.3) is 0 Å². The molecule has 0 aliphatic carbocycles. The quantitative estimate of drug-likeness (QED) is 0.260. The number of aromatic nitrogens is 3. The predicted octanol–water partition coefficient (Wildman–Crippen LogP) is 4.11. The molecule has 1 amide bonds. The molecule has 2 fully saturated rings. The number of ether oxygens (including phenoxy) is 3. The second kappa shape index (κ2) is 13.7. The van der Waals surface area contributed by atoms with Crippen molar-refractivity contribution in [1.29, 1.82) is 0 Å². The molecule has 2 aromatic carbocycles. The van der Waals surface area contributed by atoms with E-state index in [1.54, 1.807) is 13.2 Å². The molecule has 2 atom stereocenters. The first kappa shape index (κ1) is 30.5. The number of benzene rings is 2. The van der Waals surface area contributed by atoms with Gasteiger partial charge in [-0.1, -0.05) is 65.8 Å². The van der Waals surface area contributed by atoms with Gasteiger partial charge in [-0.05, 0) is 25.0 Å². The van der Waals surface area contributed by atoms with Gasteiger partial charge in [-0.2, -0.15) is 9.97 Å². The third kappa shape index (κ3) is 6.64. The van der Waals surface area contributed by atoms with Crippen molar-refractivity contribution in [2.75, 3.05) is 46.9 Å². The third-order valence-corrected chi connectivity index (χ3v) is 8.52. The van der Waals surface area contributed by atoms with E-state index in [-0.39, 0.29) is 41.8 Å². The average molecular weight is 613 g/mol. The van der Waals surface area contributed by atoms with E-state index >= 15 is 0 Å². The van der Waals surface area contributed by atoms with Crippen molar-refractivity contribution < 1.29 is 23.5 Å². The Hall–Kier alpha value is -4.48. The summed E-state index contributed by atoms with van der Waals surface area (Å²) in [7, 11) is 3.12. The van der Waals surface area contributed by atoms with E-state index in [0.29, 0.717) is 31.4 Å².